The Bertz CT molecular complexity index is 1060. The summed E-state index contributed by atoms with van der Waals surface area (Å²) in [6.45, 7) is 2.15. The number of nitrogens with one attached hydrogen (secondary N) is 1. The van der Waals surface area contributed by atoms with Gasteiger partial charge in [0, 0.05) is 36.1 Å². The number of hydrogen-bond acceptors (Lipinski definition) is 3. The number of piperidine rings is 1. The summed E-state index contributed by atoms with van der Waals surface area (Å²) in [6.07, 6.45) is 1.34. The molecule has 2 amide bonds. The van der Waals surface area contributed by atoms with Crippen LogP contribution in [0.15, 0.2) is 78.9 Å². The lowest BCUT2D eigenvalue weighted by Gasteiger charge is -2.31. The van der Waals surface area contributed by atoms with E-state index in [-0.39, 0.29) is 17.7 Å². The number of nitrogens with zero attached hydrogens (tertiary/aromatic N) is 1. The van der Waals surface area contributed by atoms with Crippen LogP contribution in [0.5, 0.6) is 5.75 Å². The van der Waals surface area contributed by atoms with Crippen LogP contribution in [-0.2, 0) is 17.9 Å². The van der Waals surface area contributed by atoms with Gasteiger partial charge in [-0.05, 0) is 60.4 Å². The Morgan fingerprint density at radius 2 is 1.52 bits per heavy atom. The highest BCUT2D eigenvalue weighted by Crippen LogP contribution is 2.20. The molecule has 0 atom stereocenters. The Labute approximate surface area is 199 Å². The minimum Gasteiger partial charge on any atom is -0.489 e. The number of benzene rings is 3. The van der Waals surface area contributed by atoms with E-state index in [1.807, 2.05) is 59.5 Å². The van der Waals surface area contributed by atoms with Crippen molar-refractivity contribution in [1.82, 2.24) is 10.2 Å². The van der Waals surface area contributed by atoms with Crippen LogP contribution in [0, 0.1) is 5.92 Å². The Kier molecular flexibility index (Phi) is 7.63. The normalized spacial score (nSPS) is 14.0. The number of carbonyl (C=O) groups is 2. The van der Waals surface area contributed by atoms with Crippen LogP contribution in [0.25, 0.3) is 0 Å². The highest BCUT2D eigenvalue weighted by Gasteiger charge is 2.27. The van der Waals surface area contributed by atoms with E-state index in [0.29, 0.717) is 49.7 Å². The molecule has 0 radical (unpaired) electrons. The second-order valence-electron chi connectivity index (χ2n) is 8.21. The maximum Gasteiger partial charge on any atom is 0.253 e. The Morgan fingerprint density at radius 1 is 0.879 bits per heavy atom. The molecule has 1 saturated heterocycles. The molecule has 1 aliphatic heterocycles. The molecule has 6 heteroatoms. The number of amides is 2. The number of rotatable bonds is 7. The highest BCUT2D eigenvalue weighted by atomic mass is 35.5. The van der Waals surface area contributed by atoms with Crippen LogP contribution in [0.1, 0.15) is 34.3 Å². The predicted molar refractivity (Wildman–Crippen MR) is 129 cm³/mol. The van der Waals surface area contributed by atoms with Crippen LogP contribution in [0.2, 0.25) is 5.02 Å². The molecule has 0 saturated carbocycles. The first-order chi connectivity index (χ1) is 16.1. The standard InChI is InChI=1S/C27H27ClN2O3/c28-24-12-10-23(11-13-24)27(32)30-16-14-22(15-17-30)26(31)29-18-20-6-8-21(9-7-20)19-33-25-4-2-1-3-5-25/h1-13,22H,14-19H2,(H,29,31). The molecule has 0 unspecified atom stereocenters. The van der Waals surface area contributed by atoms with Crippen molar-refractivity contribution in [3.8, 4) is 5.75 Å². The molecule has 1 N–H and O–H groups in total. The van der Waals surface area contributed by atoms with Gasteiger partial charge in [-0.25, -0.2) is 0 Å². The summed E-state index contributed by atoms with van der Waals surface area (Å²) in [5.41, 5.74) is 2.74. The number of para-hydroxylation sites is 1. The first kappa shape index (κ1) is 22.9. The minimum absolute atomic E-state index is 0.0122. The lowest BCUT2D eigenvalue weighted by Crippen LogP contribution is -2.42. The van der Waals surface area contributed by atoms with E-state index >= 15 is 0 Å². The maximum atomic E-state index is 12.6. The average Bonchev–Trinajstić information content (AvgIpc) is 2.87. The summed E-state index contributed by atoms with van der Waals surface area (Å²) in [6, 6.07) is 24.7. The molecule has 170 valence electrons. The summed E-state index contributed by atoms with van der Waals surface area (Å²) >= 11 is 5.90. The molecule has 0 aromatic heterocycles. The van der Waals surface area contributed by atoms with Crippen molar-refractivity contribution < 1.29 is 14.3 Å². The van der Waals surface area contributed by atoms with Gasteiger partial charge in [0.05, 0.1) is 0 Å². The van der Waals surface area contributed by atoms with Crippen molar-refractivity contribution >= 4 is 23.4 Å². The zero-order valence-corrected chi connectivity index (χ0v) is 19.1. The smallest absolute Gasteiger partial charge is 0.253 e. The SMILES string of the molecule is O=C(NCc1ccc(COc2ccccc2)cc1)C1CCN(C(=O)c2ccc(Cl)cc2)CC1. The number of halogens is 1. The molecule has 0 bridgehead atoms. The van der Waals surface area contributed by atoms with Gasteiger partial charge in [0.2, 0.25) is 5.91 Å². The van der Waals surface area contributed by atoms with Crippen LogP contribution in [0.3, 0.4) is 0 Å². The molecule has 5 nitrogen and oxygen atoms in total. The van der Waals surface area contributed by atoms with Crippen LogP contribution in [0.4, 0.5) is 0 Å². The maximum absolute atomic E-state index is 12.6. The van der Waals surface area contributed by atoms with E-state index < -0.39 is 0 Å². The first-order valence-electron chi connectivity index (χ1n) is 11.2. The van der Waals surface area contributed by atoms with E-state index in [1.54, 1.807) is 24.3 Å². The van der Waals surface area contributed by atoms with Gasteiger partial charge < -0.3 is 15.0 Å². The monoisotopic (exact) mass is 462 g/mol. The van der Waals surface area contributed by atoms with Crippen molar-refractivity contribution in [1.29, 1.82) is 0 Å². The molecule has 1 fully saturated rings. The van der Waals surface area contributed by atoms with Gasteiger partial charge in [-0.15, -0.1) is 0 Å². The van der Waals surface area contributed by atoms with Gasteiger partial charge >= 0.3 is 0 Å². The zero-order valence-electron chi connectivity index (χ0n) is 18.4. The molecule has 1 aliphatic rings. The predicted octanol–water partition coefficient (Wildman–Crippen LogP) is 5.09. The molecule has 0 aliphatic carbocycles. The fraction of sp³-hybridized carbons (Fsp3) is 0.259. The first-order valence-corrected chi connectivity index (χ1v) is 11.5. The summed E-state index contributed by atoms with van der Waals surface area (Å²) in [5, 5.41) is 3.65. The highest BCUT2D eigenvalue weighted by molar-refractivity contribution is 6.30. The molecule has 3 aromatic carbocycles. The quantitative estimate of drug-likeness (QED) is 0.532. The minimum atomic E-state index is -0.0715. The second-order valence-corrected chi connectivity index (χ2v) is 8.65. The fourth-order valence-corrected chi connectivity index (χ4v) is 4.02. The summed E-state index contributed by atoms with van der Waals surface area (Å²) in [4.78, 5) is 27.1. The second kappa shape index (κ2) is 11.0. The summed E-state index contributed by atoms with van der Waals surface area (Å²) in [7, 11) is 0. The summed E-state index contributed by atoms with van der Waals surface area (Å²) < 4.78 is 5.76. The van der Waals surface area contributed by atoms with Crippen LogP contribution in [-0.4, -0.2) is 29.8 Å². The molecular formula is C27H27ClN2O3. The summed E-state index contributed by atoms with van der Waals surface area (Å²) in [5.74, 6) is 0.805. The topological polar surface area (TPSA) is 58.6 Å². The van der Waals surface area contributed by atoms with Gasteiger partial charge in [0.1, 0.15) is 12.4 Å². The lowest BCUT2D eigenvalue weighted by molar-refractivity contribution is -0.126. The van der Waals surface area contributed by atoms with Crippen LogP contribution >= 0.6 is 11.6 Å². The van der Waals surface area contributed by atoms with Crippen molar-refractivity contribution in [2.75, 3.05) is 13.1 Å². The number of likely N-dealkylation sites (tertiary alicyclic amines) is 1. The molecule has 3 aromatic rings. The van der Waals surface area contributed by atoms with Gasteiger partial charge in [0.15, 0.2) is 0 Å². The van der Waals surface area contributed by atoms with Crippen molar-refractivity contribution in [3.05, 3.63) is 101 Å². The molecule has 4 rings (SSSR count). The fourth-order valence-electron chi connectivity index (χ4n) is 3.89. The largest absolute Gasteiger partial charge is 0.489 e. The third kappa shape index (κ3) is 6.36. The van der Waals surface area contributed by atoms with Gasteiger partial charge in [0.25, 0.3) is 5.91 Å². The van der Waals surface area contributed by atoms with Gasteiger partial charge in [-0.2, -0.15) is 0 Å². The Morgan fingerprint density at radius 3 is 2.18 bits per heavy atom. The molecule has 33 heavy (non-hydrogen) atoms. The van der Waals surface area contributed by atoms with E-state index in [0.717, 1.165) is 16.9 Å². The van der Waals surface area contributed by atoms with E-state index in [9.17, 15) is 9.59 Å². The third-order valence-electron chi connectivity index (χ3n) is 5.88. The molecule has 0 spiro atoms. The van der Waals surface area contributed by atoms with E-state index in [1.165, 1.54) is 0 Å². The lowest BCUT2D eigenvalue weighted by atomic mass is 9.95. The average molecular weight is 463 g/mol. The van der Waals surface area contributed by atoms with E-state index in [2.05, 4.69) is 5.32 Å². The molecular weight excluding hydrogens is 436 g/mol. The van der Waals surface area contributed by atoms with Crippen molar-refractivity contribution in [2.45, 2.75) is 26.0 Å². The van der Waals surface area contributed by atoms with E-state index in [4.69, 9.17) is 16.3 Å². The van der Waals surface area contributed by atoms with Crippen LogP contribution < -0.4 is 10.1 Å². The number of hydrogen-bond donors (Lipinski definition) is 1. The van der Waals surface area contributed by atoms with Gasteiger partial charge in [-0.1, -0.05) is 54.1 Å². The number of carbonyl (C=O) groups excluding carboxylic acids is 2. The Balaban J connectivity index is 1.20. The number of ether oxygens (including phenoxy) is 1. The Hall–Kier alpha value is -3.31. The third-order valence-corrected chi connectivity index (χ3v) is 6.13. The van der Waals surface area contributed by atoms with Crippen molar-refractivity contribution in [3.63, 3.8) is 0 Å². The molecule has 1 heterocycles. The zero-order chi connectivity index (χ0) is 23.0. The van der Waals surface area contributed by atoms with Gasteiger partial charge in [-0.3, -0.25) is 9.59 Å². The van der Waals surface area contributed by atoms with Crippen molar-refractivity contribution in [2.24, 2.45) is 5.92 Å².